The highest BCUT2D eigenvalue weighted by Crippen LogP contribution is 2.15. The summed E-state index contributed by atoms with van der Waals surface area (Å²) < 4.78 is 5.65. The molecule has 19 heavy (non-hydrogen) atoms. The van der Waals surface area contributed by atoms with Gasteiger partial charge >= 0.3 is 0 Å². The standard InChI is InChI=1S/C16H20N2O/c1-13(17)15-9-10-18-16(12-15)19-11-5-8-14-6-3-2-4-7-14/h2-4,6-7,9-10,12-13H,5,8,11,17H2,1H3/t13-/m0/s1. The Morgan fingerprint density at radius 2 is 2.00 bits per heavy atom. The van der Waals surface area contributed by atoms with Gasteiger partial charge in [0.1, 0.15) is 0 Å². The second-order valence-corrected chi connectivity index (χ2v) is 4.65. The fourth-order valence-corrected chi connectivity index (χ4v) is 1.88. The molecular weight excluding hydrogens is 236 g/mol. The van der Waals surface area contributed by atoms with Crippen molar-refractivity contribution >= 4 is 0 Å². The van der Waals surface area contributed by atoms with Crippen LogP contribution in [0.5, 0.6) is 5.88 Å². The molecule has 0 saturated heterocycles. The van der Waals surface area contributed by atoms with Gasteiger partial charge in [0.15, 0.2) is 0 Å². The van der Waals surface area contributed by atoms with Crippen LogP contribution < -0.4 is 10.5 Å². The maximum Gasteiger partial charge on any atom is 0.213 e. The first-order valence-electron chi connectivity index (χ1n) is 6.64. The summed E-state index contributed by atoms with van der Waals surface area (Å²) in [7, 11) is 0. The lowest BCUT2D eigenvalue weighted by Crippen LogP contribution is -2.06. The molecular formula is C16H20N2O. The Labute approximate surface area is 114 Å². The highest BCUT2D eigenvalue weighted by atomic mass is 16.5. The molecule has 3 heteroatoms. The molecule has 3 nitrogen and oxygen atoms in total. The zero-order valence-electron chi connectivity index (χ0n) is 11.3. The number of benzene rings is 1. The van der Waals surface area contributed by atoms with Gasteiger partial charge in [-0.2, -0.15) is 0 Å². The highest BCUT2D eigenvalue weighted by Gasteiger charge is 2.02. The number of hydrogen-bond acceptors (Lipinski definition) is 3. The van der Waals surface area contributed by atoms with Crippen molar-refractivity contribution in [1.82, 2.24) is 4.98 Å². The number of hydrogen-bond donors (Lipinski definition) is 1. The Balaban J connectivity index is 1.78. The summed E-state index contributed by atoms with van der Waals surface area (Å²) in [5, 5.41) is 0. The van der Waals surface area contributed by atoms with Crippen LogP contribution in [-0.4, -0.2) is 11.6 Å². The molecule has 1 aromatic carbocycles. The van der Waals surface area contributed by atoms with Gasteiger partial charge < -0.3 is 10.5 Å². The van der Waals surface area contributed by atoms with Crippen LogP contribution >= 0.6 is 0 Å². The molecule has 0 aliphatic carbocycles. The zero-order chi connectivity index (χ0) is 13.5. The van der Waals surface area contributed by atoms with Crippen LogP contribution in [-0.2, 0) is 6.42 Å². The zero-order valence-corrected chi connectivity index (χ0v) is 11.3. The van der Waals surface area contributed by atoms with Gasteiger partial charge in [0.25, 0.3) is 0 Å². The summed E-state index contributed by atoms with van der Waals surface area (Å²) in [5.74, 6) is 0.655. The van der Waals surface area contributed by atoms with Crippen LogP contribution in [0.15, 0.2) is 48.7 Å². The van der Waals surface area contributed by atoms with Crippen LogP contribution in [0.2, 0.25) is 0 Å². The molecule has 2 N–H and O–H groups in total. The lowest BCUT2D eigenvalue weighted by molar-refractivity contribution is 0.299. The summed E-state index contributed by atoms with van der Waals surface area (Å²) in [6.07, 6.45) is 3.74. The van der Waals surface area contributed by atoms with Crippen LogP contribution in [0.4, 0.5) is 0 Å². The summed E-state index contributed by atoms with van der Waals surface area (Å²) >= 11 is 0. The minimum Gasteiger partial charge on any atom is -0.478 e. The number of ether oxygens (including phenoxy) is 1. The average molecular weight is 256 g/mol. The number of aromatic nitrogens is 1. The van der Waals surface area contributed by atoms with Crippen molar-refractivity contribution in [3.05, 3.63) is 59.8 Å². The Morgan fingerprint density at radius 3 is 2.74 bits per heavy atom. The second-order valence-electron chi connectivity index (χ2n) is 4.65. The predicted octanol–water partition coefficient (Wildman–Crippen LogP) is 3.11. The summed E-state index contributed by atoms with van der Waals surface area (Å²) in [5.41, 5.74) is 8.22. The number of rotatable bonds is 6. The van der Waals surface area contributed by atoms with E-state index in [0.29, 0.717) is 12.5 Å². The SMILES string of the molecule is C[C@H](N)c1ccnc(OCCCc2ccccc2)c1. The van der Waals surface area contributed by atoms with Gasteiger partial charge in [0.2, 0.25) is 5.88 Å². The topological polar surface area (TPSA) is 48.1 Å². The number of aryl methyl sites for hydroxylation is 1. The molecule has 0 aliphatic rings. The van der Waals surface area contributed by atoms with E-state index in [1.807, 2.05) is 25.1 Å². The van der Waals surface area contributed by atoms with Crippen molar-refractivity contribution in [3.63, 3.8) is 0 Å². The molecule has 0 fully saturated rings. The molecule has 0 bridgehead atoms. The first-order chi connectivity index (χ1) is 9.25. The van der Waals surface area contributed by atoms with E-state index in [1.165, 1.54) is 5.56 Å². The van der Waals surface area contributed by atoms with Gasteiger partial charge in [-0.15, -0.1) is 0 Å². The Bertz CT molecular complexity index is 497. The molecule has 1 atom stereocenters. The molecule has 0 spiro atoms. The average Bonchev–Trinajstić information content (AvgIpc) is 2.45. The molecule has 0 saturated carbocycles. The molecule has 2 aromatic rings. The lowest BCUT2D eigenvalue weighted by Gasteiger charge is -2.09. The molecule has 1 heterocycles. The van der Waals surface area contributed by atoms with Crippen molar-refractivity contribution in [3.8, 4) is 5.88 Å². The van der Waals surface area contributed by atoms with E-state index >= 15 is 0 Å². The largest absolute Gasteiger partial charge is 0.478 e. The van der Waals surface area contributed by atoms with E-state index in [-0.39, 0.29) is 6.04 Å². The van der Waals surface area contributed by atoms with Crippen molar-refractivity contribution in [1.29, 1.82) is 0 Å². The fourth-order valence-electron chi connectivity index (χ4n) is 1.88. The van der Waals surface area contributed by atoms with Gasteiger partial charge in [0, 0.05) is 18.3 Å². The van der Waals surface area contributed by atoms with Gasteiger partial charge in [-0.25, -0.2) is 4.98 Å². The van der Waals surface area contributed by atoms with Crippen LogP contribution in [0, 0.1) is 0 Å². The smallest absolute Gasteiger partial charge is 0.213 e. The predicted molar refractivity (Wildman–Crippen MR) is 77.1 cm³/mol. The van der Waals surface area contributed by atoms with Crippen molar-refractivity contribution < 1.29 is 4.74 Å². The molecule has 0 aliphatic heterocycles. The third kappa shape index (κ3) is 4.38. The monoisotopic (exact) mass is 256 g/mol. The van der Waals surface area contributed by atoms with Crippen LogP contribution in [0.3, 0.4) is 0 Å². The number of nitrogens with zero attached hydrogens (tertiary/aromatic N) is 1. The number of nitrogens with two attached hydrogens (primary N) is 1. The van der Waals surface area contributed by atoms with E-state index in [9.17, 15) is 0 Å². The van der Waals surface area contributed by atoms with E-state index in [2.05, 4.69) is 29.2 Å². The number of pyridine rings is 1. The van der Waals surface area contributed by atoms with Crippen molar-refractivity contribution in [2.45, 2.75) is 25.8 Å². The summed E-state index contributed by atoms with van der Waals surface area (Å²) in [6, 6.07) is 14.3. The van der Waals surface area contributed by atoms with E-state index in [0.717, 1.165) is 18.4 Å². The van der Waals surface area contributed by atoms with Crippen LogP contribution in [0.25, 0.3) is 0 Å². The molecule has 100 valence electrons. The minimum atomic E-state index is 0.00895. The third-order valence-electron chi connectivity index (χ3n) is 2.99. The summed E-state index contributed by atoms with van der Waals surface area (Å²) in [4.78, 5) is 4.19. The molecule has 2 rings (SSSR count). The highest BCUT2D eigenvalue weighted by molar-refractivity contribution is 5.22. The fraction of sp³-hybridized carbons (Fsp3) is 0.312. The quantitative estimate of drug-likeness (QED) is 0.808. The van der Waals surface area contributed by atoms with Crippen molar-refractivity contribution in [2.75, 3.05) is 6.61 Å². The van der Waals surface area contributed by atoms with E-state index in [1.54, 1.807) is 6.20 Å². The maximum absolute atomic E-state index is 5.83. The normalized spacial score (nSPS) is 12.1. The van der Waals surface area contributed by atoms with E-state index in [4.69, 9.17) is 10.5 Å². The Hall–Kier alpha value is -1.87. The Kier molecular flexibility index (Phi) is 4.93. The molecule has 1 aromatic heterocycles. The lowest BCUT2D eigenvalue weighted by atomic mass is 10.1. The first kappa shape index (κ1) is 13.6. The molecule has 0 unspecified atom stereocenters. The maximum atomic E-state index is 5.83. The van der Waals surface area contributed by atoms with Gasteiger partial charge in [-0.3, -0.25) is 0 Å². The van der Waals surface area contributed by atoms with Gasteiger partial charge in [-0.05, 0) is 37.0 Å². The second kappa shape index (κ2) is 6.90. The van der Waals surface area contributed by atoms with Crippen molar-refractivity contribution in [2.24, 2.45) is 5.73 Å². The first-order valence-corrected chi connectivity index (χ1v) is 6.64. The molecule has 0 amide bonds. The third-order valence-corrected chi connectivity index (χ3v) is 2.99. The van der Waals surface area contributed by atoms with Gasteiger partial charge in [0.05, 0.1) is 6.61 Å². The summed E-state index contributed by atoms with van der Waals surface area (Å²) in [6.45, 7) is 2.62. The molecule has 0 radical (unpaired) electrons. The van der Waals surface area contributed by atoms with Crippen LogP contribution in [0.1, 0.15) is 30.5 Å². The minimum absolute atomic E-state index is 0.00895. The van der Waals surface area contributed by atoms with E-state index < -0.39 is 0 Å². The Morgan fingerprint density at radius 1 is 1.21 bits per heavy atom. The van der Waals surface area contributed by atoms with Gasteiger partial charge in [-0.1, -0.05) is 30.3 Å².